The summed E-state index contributed by atoms with van der Waals surface area (Å²) >= 11 is 5.64. The number of hydrogen-bond acceptors (Lipinski definition) is 16. The first-order valence-electron chi connectivity index (χ1n) is 21.2. The van der Waals surface area contributed by atoms with Crippen LogP contribution in [0.2, 0.25) is 5.28 Å². The standard InChI is InChI=1S/C24H28FN5O4.C15H16ClFN4O2.C9H13NO2/c1-24(2,3)34-23(31)29-18-7-5-6-17(14-18)27-21-20(25)15-26-22(30-21)28-16-8-10-19(11-9-16)33-13-12-32-4;1-15(2,3)23-14(22)20-10-6-4-5-9(7-10)19-12-11(17)8-18-13(16)21-12;1-11-6-7-12-9-4-2-8(10)3-5-9/h5-11,14-15H,12-13H2,1-4H3,(H,29,31)(H2,26,27,28,30);4-8H,1-3H3,(H,20,22)(H,18,19,21);2-5H,6-7,10H2,1H3. The molecule has 6 aromatic rings. The minimum absolute atomic E-state index is 0.0218. The number of nitrogens with zero attached hydrogens (tertiary/aromatic N) is 4. The van der Waals surface area contributed by atoms with Crippen molar-refractivity contribution in [3.63, 3.8) is 0 Å². The number of carbonyl (C=O) groups excluding carboxylic acids is 2. The van der Waals surface area contributed by atoms with Crippen LogP contribution in [0.5, 0.6) is 11.5 Å². The van der Waals surface area contributed by atoms with Crippen molar-refractivity contribution in [2.75, 3.05) is 73.0 Å². The Morgan fingerprint density at radius 2 is 1.01 bits per heavy atom. The molecule has 0 bridgehead atoms. The third-order valence-electron chi connectivity index (χ3n) is 8.10. The second-order valence-electron chi connectivity index (χ2n) is 16.3. The Balaban J connectivity index is 0.000000254. The number of aromatic nitrogens is 4. The van der Waals surface area contributed by atoms with E-state index in [1.807, 2.05) is 24.3 Å². The average Bonchev–Trinajstić information content (AvgIpc) is 3.27. The van der Waals surface area contributed by atoms with Gasteiger partial charge in [-0.2, -0.15) is 9.97 Å². The molecule has 0 fully saturated rings. The molecule has 18 nitrogen and oxygen atoms in total. The van der Waals surface area contributed by atoms with Crippen LogP contribution in [0.15, 0.2) is 109 Å². The van der Waals surface area contributed by atoms with Gasteiger partial charge in [-0.25, -0.2) is 28.3 Å². The van der Waals surface area contributed by atoms with Crippen LogP contribution in [0.25, 0.3) is 0 Å². The van der Waals surface area contributed by atoms with Crippen LogP contribution in [-0.4, -0.2) is 84.0 Å². The smallest absolute Gasteiger partial charge is 0.412 e. The fourth-order valence-corrected chi connectivity index (χ4v) is 5.36. The van der Waals surface area contributed by atoms with Gasteiger partial charge in [0.2, 0.25) is 11.2 Å². The lowest BCUT2D eigenvalue weighted by Gasteiger charge is -2.19. The summed E-state index contributed by atoms with van der Waals surface area (Å²) in [6, 6.07) is 27.9. The number of halogens is 3. The lowest BCUT2D eigenvalue weighted by atomic mass is 10.2. The Kier molecular flexibility index (Phi) is 20.9. The molecule has 0 spiro atoms. The van der Waals surface area contributed by atoms with Crippen molar-refractivity contribution in [2.45, 2.75) is 52.7 Å². The number of hydrogen-bond donors (Lipinski definition) is 6. The average molecular weight is 975 g/mol. The number of rotatable bonds is 16. The quantitative estimate of drug-likeness (QED) is 0.0301. The highest BCUT2D eigenvalue weighted by Crippen LogP contribution is 2.25. The van der Waals surface area contributed by atoms with E-state index in [1.54, 1.807) is 129 Å². The first kappa shape index (κ1) is 54.1. The molecule has 4 aromatic carbocycles. The van der Waals surface area contributed by atoms with Crippen LogP contribution in [0.4, 0.5) is 70.1 Å². The molecule has 0 atom stereocenters. The van der Waals surface area contributed by atoms with Gasteiger partial charge in [-0.1, -0.05) is 12.1 Å². The van der Waals surface area contributed by atoms with Gasteiger partial charge in [-0.05, 0) is 138 Å². The fraction of sp³-hybridized carbons (Fsp3) is 0.292. The summed E-state index contributed by atoms with van der Waals surface area (Å²) < 4.78 is 59.0. The number of nitrogens with two attached hydrogens (primary N) is 1. The highest BCUT2D eigenvalue weighted by molar-refractivity contribution is 6.28. The molecule has 368 valence electrons. The SMILES string of the molecule is CC(C)(C)OC(=O)Nc1cccc(Nc2nc(Cl)ncc2F)c1.COCCOc1ccc(N)cc1.COCCOc1ccc(Nc2ncc(F)c(Nc3cccc(NC(=O)OC(C)(C)C)c3)n2)cc1. The second kappa shape index (κ2) is 26.7. The largest absolute Gasteiger partial charge is 0.491 e. The van der Waals surface area contributed by atoms with Gasteiger partial charge in [0.1, 0.15) is 35.9 Å². The van der Waals surface area contributed by atoms with Gasteiger partial charge in [0.15, 0.2) is 23.3 Å². The maximum atomic E-state index is 14.4. The van der Waals surface area contributed by atoms with E-state index in [0.29, 0.717) is 60.6 Å². The molecule has 0 saturated carbocycles. The molecule has 0 aliphatic rings. The molecule has 6 rings (SSSR count). The van der Waals surface area contributed by atoms with Crippen LogP contribution in [0.3, 0.4) is 0 Å². The molecule has 0 aliphatic heterocycles. The number of carbonyl (C=O) groups is 2. The summed E-state index contributed by atoms with van der Waals surface area (Å²) in [4.78, 5) is 39.3. The van der Waals surface area contributed by atoms with Gasteiger partial charge < -0.3 is 50.1 Å². The highest BCUT2D eigenvalue weighted by Gasteiger charge is 2.18. The molecular formula is C48H57ClF2N10O8. The van der Waals surface area contributed by atoms with Crippen molar-refractivity contribution < 1.29 is 46.8 Å². The molecule has 21 heteroatoms. The zero-order valence-electron chi connectivity index (χ0n) is 39.5. The Morgan fingerprint density at radius 1 is 0.580 bits per heavy atom. The van der Waals surface area contributed by atoms with E-state index >= 15 is 0 Å². The van der Waals surface area contributed by atoms with E-state index < -0.39 is 35.0 Å². The number of amides is 2. The van der Waals surface area contributed by atoms with Gasteiger partial charge in [0, 0.05) is 48.3 Å². The van der Waals surface area contributed by atoms with Gasteiger partial charge in [-0.3, -0.25) is 10.6 Å². The second-order valence-corrected chi connectivity index (χ2v) is 16.6. The molecule has 0 aliphatic carbocycles. The molecular weight excluding hydrogens is 918 g/mol. The number of nitrogens with one attached hydrogen (secondary N) is 5. The van der Waals surface area contributed by atoms with Gasteiger partial charge in [0.05, 0.1) is 25.6 Å². The van der Waals surface area contributed by atoms with Crippen molar-refractivity contribution >= 4 is 75.5 Å². The fourth-order valence-electron chi connectivity index (χ4n) is 5.23. The Bertz CT molecular complexity index is 2550. The summed E-state index contributed by atoms with van der Waals surface area (Å²) in [6.45, 7) is 12.8. The van der Waals surface area contributed by atoms with Crippen molar-refractivity contribution in [2.24, 2.45) is 0 Å². The first-order chi connectivity index (χ1) is 32.8. The zero-order chi connectivity index (χ0) is 50.4. The van der Waals surface area contributed by atoms with Crippen LogP contribution in [0.1, 0.15) is 41.5 Å². The lowest BCUT2D eigenvalue weighted by molar-refractivity contribution is 0.0624. The minimum atomic E-state index is -0.639. The first-order valence-corrected chi connectivity index (χ1v) is 21.6. The third-order valence-corrected chi connectivity index (χ3v) is 8.29. The zero-order valence-corrected chi connectivity index (χ0v) is 40.2. The van der Waals surface area contributed by atoms with Crippen molar-refractivity contribution in [1.29, 1.82) is 0 Å². The van der Waals surface area contributed by atoms with Crippen molar-refractivity contribution in [3.05, 3.63) is 126 Å². The summed E-state index contributed by atoms with van der Waals surface area (Å²) in [5, 5.41) is 13.9. The van der Waals surface area contributed by atoms with E-state index in [2.05, 4.69) is 46.5 Å². The number of methoxy groups -OCH3 is 2. The minimum Gasteiger partial charge on any atom is -0.491 e. The maximum Gasteiger partial charge on any atom is 0.412 e. The molecule has 69 heavy (non-hydrogen) atoms. The van der Waals surface area contributed by atoms with Crippen molar-refractivity contribution in [1.82, 2.24) is 19.9 Å². The van der Waals surface area contributed by atoms with Gasteiger partial charge in [0.25, 0.3) is 0 Å². The monoisotopic (exact) mass is 974 g/mol. The predicted octanol–water partition coefficient (Wildman–Crippen LogP) is 11.1. The lowest BCUT2D eigenvalue weighted by Crippen LogP contribution is -2.27. The van der Waals surface area contributed by atoms with E-state index in [0.717, 1.165) is 23.8 Å². The Morgan fingerprint density at radius 3 is 1.48 bits per heavy atom. The molecule has 2 aromatic heterocycles. The molecule has 0 unspecified atom stereocenters. The van der Waals surface area contributed by atoms with Gasteiger partial charge >= 0.3 is 12.2 Å². The number of nitrogen functional groups attached to an aromatic ring is 1. The van der Waals surface area contributed by atoms with Gasteiger partial charge in [-0.15, -0.1) is 0 Å². The maximum absolute atomic E-state index is 14.4. The van der Waals surface area contributed by atoms with Crippen LogP contribution in [-0.2, 0) is 18.9 Å². The summed E-state index contributed by atoms with van der Waals surface area (Å²) in [7, 11) is 3.26. The summed E-state index contributed by atoms with van der Waals surface area (Å²) in [5.74, 6) is 0.384. The normalized spacial score (nSPS) is 10.8. The van der Waals surface area contributed by atoms with Crippen molar-refractivity contribution in [3.8, 4) is 11.5 Å². The summed E-state index contributed by atoms with van der Waals surface area (Å²) in [5.41, 5.74) is 7.76. The Hall–Kier alpha value is -7.55. The van der Waals surface area contributed by atoms with E-state index in [9.17, 15) is 18.4 Å². The van der Waals surface area contributed by atoms with E-state index in [1.165, 1.54) is 0 Å². The van der Waals surface area contributed by atoms with Crippen LogP contribution in [0, 0.1) is 11.6 Å². The predicted molar refractivity (Wildman–Crippen MR) is 263 cm³/mol. The summed E-state index contributed by atoms with van der Waals surface area (Å²) in [6.07, 6.45) is 0.883. The van der Waals surface area contributed by atoms with Crippen LogP contribution < -0.4 is 41.8 Å². The molecule has 7 N–H and O–H groups in total. The van der Waals surface area contributed by atoms with Crippen LogP contribution >= 0.6 is 11.6 Å². The van der Waals surface area contributed by atoms with E-state index in [-0.39, 0.29) is 22.9 Å². The third kappa shape index (κ3) is 21.3. The molecule has 2 amide bonds. The molecule has 0 saturated heterocycles. The molecule has 2 heterocycles. The van der Waals surface area contributed by atoms with E-state index in [4.69, 9.17) is 45.8 Å². The highest BCUT2D eigenvalue weighted by atomic mass is 35.5. The topological polar surface area (TPSA) is 227 Å². The number of anilines is 9. The Labute approximate surface area is 404 Å². The number of ether oxygens (including phenoxy) is 6. The molecule has 0 radical (unpaired) electrons. The number of benzene rings is 4.